The number of nitrogens with one attached hydrogen (secondary N) is 1. The zero-order chi connectivity index (χ0) is 19.4. The van der Waals surface area contributed by atoms with E-state index < -0.39 is 27.4 Å². The predicted octanol–water partition coefficient (Wildman–Crippen LogP) is 2.09. The van der Waals surface area contributed by atoms with Gasteiger partial charge in [0.15, 0.2) is 0 Å². The molecule has 0 fully saturated rings. The smallest absolute Gasteiger partial charge is 0.329 e. The van der Waals surface area contributed by atoms with Gasteiger partial charge in [0.1, 0.15) is 5.54 Å². The molecule has 1 unspecified atom stereocenters. The molecule has 0 aliphatic carbocycles. The number of aliphatic carboxylic acids is 1. The number of sulfonamides is 1. The van der Waals surface area contributed by atoms with Crippen LogP contribution in [0.1, 0.15) is 50.9 Å². The molecular weight excluding hydrogens is 344 g/mol. The number of carbonyl (C=O) groups excluding carboxylic acids is 1. The molecule has 0 saturated heterocycles. The van der Waals surface area contributed by atoms with Crippen LogP contribution in [-0.2, 0) is 14.8 Å². The Hall–Kier alpha value is -1.93. The monoisotopic (exact) mass is 370 g/mol. The second-order valence-corrected chi connectivity index (χ2v) is 8.48. The van der Waals surface area contributed by atoms with Crippen LogP contribution in [0.4, 0.5) is 0 Å². The number of amides is 1. The molecule has 0 saturated carbocycles. The molecular formula is C17H26N2O5S. The van der Waals surface area contributed by atoms with Crippen LogP contribution in [0.25, 0.3) is 0 Å². The topological polar surface area (TPSA) is 104 Å². The number of carbonyl (C=O) groups is 2. The normalized spacial score (nSPS) is 14.4. The number of carboxylic acid groups (broad SMARTS) is 1. The van der Waals surface area contributed by atoms with Crippen molar-refractivity contribution in [2.45, 2.75) is 57.0 Å². The number of nitrogens with zero attached hydrogens (tertiary/aromatic N) is 1. The van der Waals surface area contributed by atoms with E-state index in [0.29, 0.717) is 6.42 Å². The van der Waals surface area contributed by atoms with Crippen LogP contribution in [0.2, 0.25) is 0 Å². The van der Waals surface area contributed by atoms with Crippen LogP contribution in [-0.4, -0.2) is 48.3 Å². The van der Waals surface area contributed by atoms with Crippen molar-refractivity contribution >= 4 is 21.9 Å². The third kappa shape index (κ3) is 4.79. The predicted molar refractivity (Wildman–Crippen MR) is 94.9 cm³/mol. The zero-order valence-corrected chi connectivity index (χ0v) is 16.1. The summed E-state index contributed by atoms with van der Waals surface area (Å²) in [6.07, 6.45) is 0.846. The molecule has 0 aromatic heterocycles. The first-order chi connectivity index (χ1) is 11.5. The summed E-state index contributed by atoms with van der Waals surface area (Å²) in [5, 5.41) is 11.9. The molecule has 25 heavy (non-hydrogen) atoms. The maximum absolute atomic E-state index is 12.5. The first-order valence-electron chi connectivity index (χ1n) is 8.09. The Bertz CT molecular complexity index is 745. The Labute approximate surface area is 149 Å². The van der Waals surface area contributed by atoms with Crippen molar-refractivity contribution in [1.29, 1.82) is 0 Å². The Morgan fingerprint density at radius 2 is 1.92 bits per heavy atom. The molecule has 7 nitrogen and oxygen atoms in total. The van der Waals surface area contributed by atoms with Crippen LogP contribution >= 0.6 is 0 Å². The number of carboxylic acids is 1. The van der Waals surface area contributed by atoms with Gasteiger partial charge in [-0.25, -0.2) is 13.2 Å². The molecule has 0 spiro atoms. The average molecular weight is 370 g/mol. The molecule has 0 heterocycles. The van der Waals surface area contributed by atoms with Gasteiger partial charge in [0, 0.05) is 18.7 Å². The van der Waals surface area contributed by atoms with Gasteiger partial charge < -0.3 is 10.4 Å². The molecule has 140 valence electrons. The highest BCUT2D eigenvalue weighted by Gasteiger charge is 2.34. The molecule has 0 radical (unpaired) electrons. The lowest BCUT2D eigenvalue weighted by atomic mass is 9.96. The fourth-order valence-corrected chi connectivity index (χ4v) is 3.70. The highest BCUT2D eigenvalue weighted by molar-refractivity contribution is 7.89. The molecule has 1 aromatic carbocycles. The lowest BCUT2D eigenvalue weighted by Gasteiger charge is -2.26. The number of rotatable bonds is 8. The van der Waals surface area contributed by atoms with Gasteiger partial charge in [-0.15, -0.1) is 0 Å². The third-order valence-electron chi connectivity index (χ3n) is 4.11. The summed E-state index contributed by atoms with van der Waals surface area (Å²) in [5.41, 5.74) is -1.31. The molecule has 1 amide bonds. The number of hydrogen-bond donors (Lipinski definition) is 2. The highest BCUT2D eigenvalue weighted by Crippen LogP contribution is 2.19. The Balaban J connectivity index is 3.17. The Morgan fingerprint density at radius 3 is 2.40 bits per heavy atom. The second kappa shape index (κ2) is 7.97. The van der Waals surface area contributed by atoms with Crippen LogP contribution < -0.4 is 5.32 Å². The maximum Gasteiger partial charge on any atom is 0.329 e. The zero-order valence-electron chi connectivity index (χ0n) is 15.2. The van der Waals surface area contributed by atoms with Gasteiger partial charge in [0.2, 0.25) is 10.0 Å². The SMILES string of the molecule is CCCC(C)(NC(=O)c1cccc(S(=O)(=O)N(C)C(C)C)c1)C(=O)O. The molecule has 1 atom stereocenters. The van der Waals surface area contributed by atoms with E-state index in [1.807, 2.05) is 6.92 Å². The summed E-state index contributed by atoms with van der Waals surface area (Å²) >= 11 is 0. The highest BCUT2D eigenvalue weighted by atomic mass is 32.2. The van der Waals surface area contributed by atoms with Gasteiger partial charge in [-0.2, -0.15) is 4.31 Å². The number of hydrogen-bond acceptors (Lipinski definition) is 4. The molecule has 2 N–H and O–H groups in total. The summed E-state index contributed by atoms with van der Waals surface area (Å²) in [6.45, 7) is 6.75. The van der Waals surface area contributed by atoms with Crippen molar-refractivity contribution in [2.24, 2.45) is 0 Å². The first-order valence-corrected chi connectivity index (χ1v) is 9.53. The molecule has 1 aromatic rings. The maximum atomic E-state index is 12.5. The van der Waals surface area contributed by atoms with E-state index in [0.717, 1.165) is 0 Å². The van der Waals surface area contributed by atoms with Gasteiger partial charge in [-0.3, -0.25) is 4.79 Å². The molecule has 0 aliphatic heterocycles. The van der Waals surface area contributed by atoms with Crippen LogP contribution in [0.3, 0.4) is 0 Å². The minimum atomic E-state index is -3.73. The summed E-state index contributed by atoms with van der Waals surface area (Å²) in [4.78, 5) is 23.9. The van der Waals surface area contributed by atoms with Crippen molar-refractivity contribution in [3.63, 3.8) is 0 Å². The van der Waals surface area contributed by atoms with Gasteiger partial charge in [-0.05, 0) is 45.4 Å². The summed E-state index contributed by atoms with van der Waals surface area (Å²) < 4.78 is 26.3. The van der Waals surface area contributed by atoms with E-state index in [-0.39, 0.29) is 22.9 Å². The van der Waals surface area contributed by atoms with Gasteiger partial charge in [0.05, 0.1) is 4.90 Å². The minimum Gasteiger partial charge on any atom is -0.480 e. The summed E-state index contributed by atoms with van der Waals surface area (Å²) in [7, 11) is -2.26. The average Bonchev–Trinajstić information content (AvgIpc) is 2.54. The fourth-order valence-electron chi connectivity index (χ4n) is 2.29. The minimum absolute atomic E-state index is 0.0103. The van der Waals surface area contributed by atoms with E-state index in [9.17, 15) is 23.1 Å². The van der Waals surface area contributed by atoms with Crippen molar-refractivity contribution in [3.8, 4) is 0 Å². The van der Waals surface area contributed by atoms with Gasteiger partial charge in [0.25, 0.3) is 5.91 Å². The van der Waals surface area contributed by atoms with E-state index in [1.54, 1.807) is 13.8 Å². The second-order valence-electron chi connectivity index (χ2n) is 6.48. The van der Waals surface area contributed by atoms with E-state index in [1.165, 1.54) is 42.5 Å². The summed E-state index contributed by atoms with van der Waals surface area (Å²) in [5.74, 6) is -1.76. The number of benzene rings is 1. The quantitative estimate of drug-likeness (QED) is 0.729. The third-order valence-corrected chi connectivity index (χ3v) is 6.14. The molecule has 8 heteroatoms. The van der Waals surface area contributed by atoms with E-state index in [2.05, 4.69) is 5.32 Å². The lowest BCUT2D eigenvalue weighted by Crippen LogP contribution is -2.52. The fraction of sp³-hybridized carbons (Fsp3) is 0.529. The first kappa shape index (κ1) is 21.1. The van der Waals surface area contributed by atoms with E-state index >= 15 is 0 Å². The van der Waals surface area contributed by atoms with Crippen molar-refractivity contribution in [1.82, 2.24) is 9.62 Å². The van der Waals surface area contributed by atoms with Gasteiger partial charge in [-0.1, -0.05) is 19.4 Å². The Morgan fingerprint density at radius 1 is 1.32 bits per heavy atom. The van der Waals surface area contributed by atoms with Crippen molar-refractivity contribution in [3.05, 3.63) is 29.8 Å². The Kier molecular flexibility index (Phi) is 6.73. The van der Waals surface area contributed by atoms with Gasteiger partial charge >= 0.3 is 5.97 Å². The molecule has 1 rings (SSSR count). The van der Waals surface area contributed by atoms with E-state index in [4.69, 9.17) is 0 Å². The standard InChI is InChI=1S/C17H26N2O5S/c1-6-10-17(4,16(21)22)18-15(20)13-8-7-9-14(11-13)25(23,24)19(5)12(2)3/h7-9,11-12H,6,10H2,1-5H3,(H,18,20)(H,21,22). The van der Waals surface area contributed by atoms with Crippen LogP contribution in [0.5, 0.6) is 0 Å². The van der Waals surface area contributed by atoms with Crippen molar-refractivity contribution in [2.75, 3.05) is 7.05 Å². The van der Waals surface area contributed by atoms with Crippen molar-refractivity contribution < 1.29 is 23.1 Å². The lowest BCUT2D eigenvalue weighted by molar-refractivity contribution is -0.144. The van der Waals surface area contributed by atoms with Crippen LogP contribution in [0.15, 0.2) is 29.2 Å². The summed E-state index contributed by atoms with van der Waals surface area (Å²) in [6, 6.07) is 5.36. The molecule has 0 bridgehead atoms. The largest absolute Gasteiger partial charge is 0.480 e. The van der Waals surface area contributed by atoms with Crippen LogP contribution in [0, 0.1) is 0 Å². The molecule has 0 aliphatic rings.